The van der Waals surface area contributed by atoms with Crippen LogP contribution in [0.25, 0.3) is 10.8 Å². The van der Waals surface area contributed by atoms with Gasteiger partial charge in [-0.3, -0.25) is 9.59 Å². The fourth-order valence-corrected chi connectivity index (χ4v) is 7.18. The van der Waals surface area contributed by atoms with Gasteiger partial charge in [-0.05, 0) is 40.6 Å². The SMILES string of the molecule is C[C@H](O)C12c3ccccc3C(c3ccccc31)[C@H]1C(=O)N(c3cccc4ccccc34)C(=O)[C@@H]12. The maximum Gasteiger partial charge on any atom is 0.239 e. The van der Waals surface area contributed by atoms with Gasteiger partial charge in [0.05, 0.1) is 29.0 Å². The first-order chi connectivity index (χ1) is 16.6. The molecule has 1 aliphatic heterocycles. The monoisotopic (exact) mass is 445 g/mol. The molecule has 0 unspecified atom stereocenters. The fourth-order valence-electron chi connectivity index (χ4n) is 7.18. The third-order valence-corrected chi connectivity index (χ3v) is 8.35. The molecular weight excluding hydrogens is 422 g/mol. The summed E-state index contributed by atoms with van der Waals surface area (Å²) >= 11 is 0. The van der Waals surface area contributed by atoms with Crippen LogP contribution in [-0.2, 0) is 15.0 Å². The molecule has 1 heterocycles. The van der Waals surface area contributed by atoms with E-state index in [1.165, 1.54) is 4.90 Å². The number of carbonyl (C=O) groups is 2. The predicted octanol–water partition coefficient (Wildman–Crippen LogP) is 4.77. The van der Waals surface area contributed by atoms with E-state index in [0.29, 0.717) is 5.69 Å². The summed E-state index contributed by atoms with van der Waals surface area (Å²) in [5.74, 6) is -1.82. The van der Waals surface area contributed by atoms with E-state index in [9.17, 15) is 14.7 Å². The van der Waals surface area contributed by atoms with Gasteiger partial charge in [-0.25, -0.2) is 4.90 Å². The molecule has 4 aliphatic rings. The number of carbonyl (C=O) groups excluding carboxylic acids is 2. The Labute approximate surface area is 197 Å². The Morgan fingerprint density at radius 3 is 2.03 bits per heavy atom. The lowest BCUT2D eigenvalue weighted by molar-refractivity contribution is -0.126. The summed E-state index contributed by atoms with van der Waals surface area (Å²) in [4.78, 5) is 29.9. The smallest absolute Gasteiger partial charge is 0.239 e. The highest BCUT2D eigenvalue weighted by Crippen LogP contribution is 2.65. The van der Waals surface area contributed by atoms with Crippen LogP contribution < -0.4 is 4.90 Å². The summed E-state index contributed by atoms with van der Waals surface area (Å²) in [6.07, 6.45) is -0.854. The average molecular weight is 446 g/mol. The predicted molar refractivity (Wildman–Crippen MR) is 131 cm³/mol. The summed E-state index contributed by atoms with van der Waals surface area (Å²) in [5, 5.41) is 13.3. The van der Waals surface area contributed by atoms with Gasteiger partial charge in [-0.2, -0.15) is 0 Å². The number of anilines is 1. The molecular formula is C30H23NO3. The number of imide groups is 1. The zero-order valence-corrected chi connectivity index (χ0v) is 18.7. The molecule has 0 saturated carbocycles. The van der Waals surface area contributed by atoms with Crippen LogP contribution in [0.1, 0.15) is 35.1 Å². The molecule has 166 valence electrons. The first-order valence-electron chi connectivity index (χ1n) is 11.8. The van der Waals surface area contributed by atoms with E-state index < -0.39 is 23.4 Å². The van der Waals surface area contributed by atoms with Crippen molar-refractivity contribution in [3.8, 4) is 0 Å². The van der Waals surface area contributed by atoms with E-state index >= 15 is 0 Å². The second kappa shape index (κ2) is 6.64. The summed E-state index contributed by atoms with van der Waals surface area (Å²) in [5.41, 5.74) is 3.68. The lowest BCUT2D eigenvalue weighted by Gasteiger charge is -2.55. The van der Waals surface area contributed by atoms with Crippen LogP contribution in [0, 0.1) is 11.8 Å². The van der Waals surface area contributed by atoms with Gasteiger partial charge in [0.25, 0.3) is 0 Å². The third kappa shape index (κ3) is 2.13. The lowest BCUT2D eigenvalue weighted by atomic mass is 9.46. The molecule has 34 heavy (non-hydrogen) atoms. The van der Waals surface area contributed by atoms with Gasteiger partial charge >= 0.3 is 0 Å². The molecule has 0 spiro atoms. The number of aliphatic hydroxyl groups excluding tert-OH is 1. The minimum atomic E-state index is -0.974. The molecule has 2 amide bonds. The van der Waals surface area contributed by atoms with Crippen LogP contribution in [0.2, 0.25) is 0 Å². The van der Waals surface area contributed by atoms with Gasteiger partial charge < -0.3 is 5.11 Å². The molecule has 1 saturated heterocycles. The molecule has 2 bridgehead atoms. The van der Waals surface area contributed by atoms with Crippen LogP contribution in [-0.4, -0.2) is 23.0 Å². The number of hydrogen-bond acceptors (Lipinski definition) is 3. The zero-order chi connectivity index (χ0) is 23.2. The Bertz CT molecular complexity index is 1470. The molecule has 4 heteroatoms. The van der Waals surface area contributed by atoms with Crippen molar-refractivity contribution >= 4 is 28.3 Å². The zero-order valence-electron chi connectivity index (χ0n) is 18.7. The Balaban J connectivity index is 1.53. The topological polar surface area (TPSA) is 57.6 Å². The molecule has 0 aromatic heterocycles. The van der Waals surface area contributed by atoms with Crippen LogP contribution in [0.15, 0.2) is 91.0 Å². The van der Waals surface area contributed by atoms with Crippen molar-refractivity contribution in [2.75, 3.05) is 4.90 Å². The maximum atomic E-state index is 14.3. The van der Waals surface area contributed by atoms with Crippen molar-refractivity contribution in [2.45, 2.75) is 24.4 Å². The number of amides is 2. The van der Waals surface area contributed by atoms with Crippen LogP contribution in [0.3, 0.4) is 0 Å². The van der Waals surface area contributed by atoms with Crippen LogP contribution in [0.5, 0.6) is 0 Å². The minimum Gasteiger partial charge on any atom is -0.392 e. The van der Waals surface area contributed by atoms with E-state index in [2.05, 4.69) is 12.1 Å². The van der Waals surface area contributed by atoms with Crippen LogP contribution in [0.4, 0.5) is 5.69 Å². The Kier molecular flexibility index (Phi) is 3.85. The van der Waals surface area contributed by atoms with E-state index in [4.69, 9.17) is 0 Å². The van der Waals surface area contributed by atoms with Gasteiger partial charge in [-0.15, -0.1) is 0 Å². The van der Waals surface area contributed by atoms with E-state index in [1.54, 1.807) is 6.92 Å². The van der Waals surface area contributed by atoms with Gasteiger partial charge in [-0.1, -0.05) is 84.9 Å². The summed E-state index contributed by atoms with van der Waals surface area (Å²) in [6.45, 7) is 1.76. The number of hydrogen-bond donors (Lipinski definition) is 1. The molecule has 0 radical (unpaired) electrons. The molecule has 3 aliphatic carbocycles. The second-order valence-electron chi connectivity index (χ2n) is 9.71. The third-order valence-electron chi connectivity index (χ3n) is 8.35. The van der Waals surface area contributed by atoms with Crippen LogP contribution >= 0.6 is 0 Å². The van der Waals surface area contributed by atoms with Crippen molar-refractivity contribution < 1.29 is 14.7 Å². The molecule has 1 fully saturated rings. The largest absolute Gasteiger partial charge is 0.392 e. The summed E-state index contributed by atoms with van der Waals surface area (Å²) in [6, 6.07) is 29.6. The van der Waals surface area contributed by atoms with Gasteiger partial charge in [0.2, 0.25) is 11.8 Å². The van der Waals surface area contributed by atoms with Crippen molar-refractivity contribution in [3.63, 3.8) is 0 Å². The number of benzene rings is 4. The molecule has 4 nitrogen and oxygen atoms in total. The van der Waals surface area contributed by atoms with Crippen molar-refractivity contribution in [1.82, 2.24) is 0 Å². The van der Waals surface area contributed by atoms with E-state index in [0.717, 1.165) is 33.0 Å². The lowest BCUT2D eigenvalue weighted by Crippen LogP contribution is -2.58. The highest BCUT2D eigenvalue weighted by molar-refractivity contribution is 6.26. The molecule has 4 aromatic carbocycles. The first kappa shape index (κ1) is 19.7. The van der Waals surface area contributed by atoms with Gasteiger partial charge in [0.15, 0.2) is 0 Å². The summed E-state index contributed by atoms with van der Waals surface area (Å²) in [7, 11) is 0. The van der Waals surface area contributed by atoms with Crippen molar-refractivity contribution in [3.05, 3.63) is 113 Å². The molecule has 8 rings (SSSR count). The Morgan fingerprint density at radius 2 is 1.35 bits per heavy atom. The Hall–Kier alpha value is -3.76. The van der Waals surface area contributed by atoms with Gasteiger partial charge in [0.1, 0.15) is 0 Å². The normalized spacial score (nSPS) is 27.5. The minimum absolute atomic E-state index is 0.176. The highest BCUT2D eigenvalue weighted by Gasteiger charge is 2.69. The van der Waals surface area contributed by atoms with Crippen molar-refractivity contribution in [1.29, 1.82) is 0 Å². The number of aliphatic hydroxyl groups is 1. The van der Waals surface area contributed by atoms with Crippen molar-refractivity contribution in [2.24, 2.45) is 11.8 Å². The fraction of sp³-hybridized carbons (Fsp3) is 0.200. The molecule has 1 N–H and O–H groups in total. The second-order valence-corrected chi connectivity index (χ2v) is 9.71. The standard InChI is InChI=1S/C30H23NO3/c1-17(32)30-22-14-6-4-12-20(22)25(21-13-5-7-15-23(21)30)26-27(30)29(34)31(28(26)33)24-16-8-10-18-9-2-3-11-19(18)24/h2-17,25-27,32H,1H3/t17-,25?,26+,27+,30?/m0/s1. The Morgan fingerprint density at radius 1 is 0.765 bits per heavy atom. The van der Waals surface area contributed by atoms with Gasteiger partial charge in [0, 0.05) is 11.3 Å². The molecule has 4 aromatic rings. The first-order valence-corrected chi connectivity index (χ1v) is 11.8. The quantitative estimate of drug-likeness (QED) is 0.452. The summed E-state index contributed by atoms with van der Waals surface area (Å²) < 4.78 is 0. The molecule has 3 atom stereocenters. The highest BCUT2D eigenvalue weighted by atomic mass is 16.3. The number of rotatable bonds is 2. The maximum absolute atomic E-state index is 14.3. The van der Waals surface area contributed by atoms with E-state index in [1.807, 2.05) is 78.9 Å². The average Bonchev–Trinajstić information content (AvgIpc) is 3.14. The number of nitrogens with zero attached hydrogens (tertiary/aromatic N) is 1. The van der Waals surface area contributed by atoms with E-state index in [-0.39, 0.29) is 17.7 Å². The number of fused-ring (bicyclic) bond motifs is 1.